The first-order chi connectivity index (χ1) is 11.1. The molecule has 0 bridgehead atoms. The number of benzene rings is 2. The van der Waals surface area contributed by atoms with Crippen molar-refractivity contribution >= 4 is 10.9 Å². The summed E-state index contributed by atoms with van der Waals surface area (Å²) in [5.74, 6) is 1.63. The zero-order valence-electron chi connectivity index (χ0n) is 14.2. The van der Waals surface area contributed by atoms with Gasteiger partial charge in [0.15, 0.2) is 0 Å². The number of methoxy groups -OCH3 is 1. The molecule has 1 heterocycles. The van der Waals surface area contributed by atoms with E-state index in [0.29, 0.717) is 12.6 Å². The van der Waals surface area contributed by atoms with Gasteiger partial charge in [-0.05, 0) is 51.1 Å². The topological polar surface area (TPSA) is 23.4 Å². The summed E-state index contributed by atoms with van der Waals surface area (Å²) in [6.07, 6.45) is 0. The lowest BCUT2D eigenvalue weighted by molar-refractivity contribution is 0.291. The number of fused-ring (bicyclic) bond motifs is 1. The van der Waals surface area contributed by atoms with Gasteiger partial charge in [-0.3, -0.25) is 0 Å². The van der Waals surface area contributed by atoms with Gasteiger partial charge in [-0.1, -0.05) is 17.7 Å². The number of aryl methyl sites for hydroxylation is 1. The second kappa shape index (κ2) is 6.37. The van der Waals surface area contributed by atoms with Crippen molar-refractivity contribution in [1.29, 1.82) is 0 Å². The lowest BCUT2D eigenvalue weighted by Gasteiger charge is -2.15. The minimum Gasteiger partial charge on any atom is -0.497 e. The van der Waals surface area contributed by atoms with E-state index in [2.05, 4.69) is 49.6 Å². The molecule has 1 aromatic heterocycles. The molecule has 0 fully saturated rings. The van der Waals surface area contributed by atoms with Crippen molar-refractivity contribution in [2.24, 2.45) is 0 Å². The van der Waals surface area contributed by atoms with Crippen LogP contribution in [0.25, 0.3) is 10.9 Å². The average Bonchev–Trinajstić information content (AvgIpc) is 2.90. The molecular formula is C20H23NO2. The van der Waals surface area contributed by atoms with Crippen molar-refractivity contribution in [1.82, 2.24) is 4.57 Å². The summed E-state index contributed by atoms with van der Waals surface area (Å²) in [4.78, 5) is 0. The third kappa shape index (κ3) is 3.19. The van der Waals surface area contributed by atoms with Crippen LogP contribution in [0.5, 0.6) is 11.5 Å². The van der Waals surface area contributed by atoms with E-state index in [1.807, 2.05) is 24.3 Å². The molecule has 0 aliphatic carbocycles. The Bertz CT molecular complexity index is 818. The van der Waals surface area contributed by atoms with Gasteiger partial charge in [0, 0.05) is 23.0 Å². The second-order valence-electron chi connectivity index (χ2n) is 6.13. The quantitative estimate of drug-likeness (QED) is 0.653. The van der Waals surface area contributed by atoms with Crippen molar-refractivity contribution in [2.45, 2.75) is 33.4 Å². The number of hydrogen-bond acceptors (Lipinski definition) is 2. The predicted molar refractivity (Wildman–Crippen MR) is 94.4 cm³/mol. The zero-order valence-corrected chi connectivity index (χ0v) is 14.2. The molecule has 0 aliphatic heterocycles. The molecule has 0 atom stereocenters. The van der Waals surface area contributed by atoms with Crippen LogP contribution in [0, 0.1) is 6.92 Å². The van der Waals surface area contributed by atoms with Gasteiger partial charge >= 0.3 is 0 Å². The molecule has 0 N–H and O–H groups in total. The van der Waals surface area contributed by atoms with Gasteiger partial charge in [-0.25, -0.2) is 0 Å². The zero-order chi connectivity index (χ0) is 16.4. The second-order valence-corrected chi connectivity index (χ2v) is 6.13. The molecule has 0 aliphatic rings. The van der Waals surface area contributed by atoms with E-state index < -0.39 is 0 Å². The molecule has 0 amide bonds. The molecule has 0 saturated carbocycles. The first-order valence-electron chi connectivity index (χ1n) is 7.96. The van der Waals surface area contributed by atoms with Crippen LogP contribution < -0.4 is 9.47 Å². The maximum absolute atomic E-state index is 5.98. The van der Waals surface area contributed by atoms with E-state index in [9.17, 15) is 0 Å². The molecule has 0 spiro atoms. The minimum atomic E-state index is 0.388. The Labute approximate surface area is 137 Å². The SMILES string of the molecule is COc1cccc(OCc2cc3cc(C)ccc3n2C(C)C)c1. The Hall–Kier alpha value is -2.42. The van der Waals surface area contributed by atoms with Gasteiger partial charge in [0.05, 0.1) is 12.8 Å². The third-order valence-electron chi connectivity index (χ3n) is 4.02. The highest BCUT2D eigenvalue weighted by atomic mass is 16.5. The van der Waals surface area contributed by atoms with E-state index in [1.54, 1.807) is 7.11 Å². The van der Waals surface area contributed by atoms with Crippen molar-refractivity contribution in [3.63, 3.8) is 0 Å². The first-order valence-corrected chi connectivity index (χ1v) is 7.96. The molecule has 120 valence electrons. The molecule has 3 aromatic rings. The summed E-state index contributed by atoms with van der Waals surface area (Å²) in [5.41, 5.74) is 3.72. The Morgan fingerprint density at radius 1 is 1.00 bits per heavy atom. The molecule has 23 heavy (non-hydrogen) atoms. The highest BCUT2D eigenvalue weighted by molar-refractivity contribution is 5.82. The van der Waals surface area contributed by atoms with Crippen LogP contribution >= 0.6 is 0 Å². The van der Waals surface area contributed by atoms with Crippen LogP contribution in [-0.2, 0) is 6.61 Å². The molecular weight excluding hydrogens is 286 g/mol. The summed E-state index contributed by atoms with van der Waals surface area (Å²) in [6.45, 7) is 7.07. The van der Waals surface area contributed by atoms with Crippen LogP contribution in [0.2, 0.25) is 0 Å². The maximum atomic E-state index is 5.98. The Morgan fingerprint density at radius 3 is 2.52 bits per heavy atom. The van der Waals surface area contributed by atoms with E-state index in [1.165, 1.54) is 22.2 Å². The highest BCUT2D eigenvalue weighted by Gasteiger charge is 2.12. The van der Waals surface area contributed by atoms with Gasteiger partial charge in [-0.2, -0.15) is 0 Å². The van der Waals surface area contributed by atoms with E-state index in [0.717, 1.165) is 11.5 Å². The highest BCUT2D eigenvalue weighted by Crippen LogP contribution is 2.27. The van der Waals surface area contributed by atoms with Gasteiger partial charge in [0.2, 0.25) is 0 Å². The fourth-order valence-electron chi connectivity index (χ4n) is 2.98. The average molecular weight is 309 g/mol. The molecule has 3 heteroatoms. The molecule has 0 saturated heterocycles. The van der Waals surface area contributed by atoms with Crippen LogP contribution in [0.1, 0.15) is 31.1 Å². The number of aromatic nitrogens is 1. The number of rotatable bonds is 5. The molecule has 0 unspecified atom stereocenters. The lowest BCUT2D eigenvalue weighted by Crippen LogP contribution is -2.08. The molecule has 2 aromatic carbocycles. The smallest absolute Gasteiger partial charge is 0.128 e. The fourth-order valence-corrected chi connectivity index (χ4v) is 2.98. The maximum Gasteiger partial charge on any atom is 0.128 e. The summed E-state index contributed by atoms with van der Waals surface area (Å²) in [5, 5.41) is 1.27. The van der Waals surface area contributed by atoms with Crippen LogP contribution in [-0.4, -0.2) is 11.7 Å². The van der Waals surface area contributed by atoms with Gasteiger partial charge in [0.25, 0.3) is 0 Å². The van der Waals surface area contributed by atoms with Crippen molar-refractivity contribution in [3.05, 3.63) is 59.8 Å². The van der Waals surface area contributed by atoms with Gasteiger partial charge in [-0.15, -0.1) is 0 Å². The van der Waals surface area contributed by atoms with E-state index >= 15 is 0 Å². The van der Waals surface area contributed by atoms with E-state index in [-0.39, 0.29) is 0 Å². The Balaban J connectivity index is 1.91. The van der Waals surface area contributed by atoms with Crippen molar-refractivity contribution in [3.8, 4) is 11.5 Å². The summed E-state index contributed by atoms with van der Waals surface area (Å²) in [7, 11) is 1.66. The van der Waals surface area contributed by atoms with Crippen LogP contribution in [0.15, 0.2) is 48.5 Å². The first kappa shape index (κ1) is 15.5. The van der Waals surface area contributed by atoms with Crippen LogP contribution in [0.4, 0.5) is 0 Å². The monoisotopic (exact) mass is 309 g/mol. The molecule has 3 nitrogen and oxygen atoms in total. The standard InChI is InChI=1S/C20H23NO2/c1-14(2)21-17(11-16-10-15(3)8-9-20(16)21)13-23-19-7-5-6-18(12-19)22-4/h5-12,14H,13H2,1-4H3. The fraction of sp³-hybridized carbons (Fsp3) is 0.300. The minimum absolute atomic E-state index is 0.388. The molecule has 0 radical (unpaired) electrons. The molecule has 3 rings (SSSR count). The van der Waals surface area contributed by atoms with Crippen molar-refractivity contribution in [2.75, 3.05) is 7.11 Å². The summed E-state index contributed by atoms with van der Waals surface area (Å²) < 4.78 is 13.6. The summed E-state index contributed by atoms with van der Waals surface area (Å²) >= 11 is 0. The predicted octanol–water partition coefficient (Wildman–Crippen LogP) is 5.12. The Kier molecular flexibility index (Phi) is 4.28. The number of nitrogens with zero attached hydrogens (tertiary/aromatic N) is 1. The Morgan fingerprint density at radius 2 is 1.78 bits per heavy atom. The number of ether oxygens (including phenoxy) is 2. The van der Waals surface area contributed by atoms with Gasteiger partial charge in [0.1, 0.15) is 18.1 Å². The van der Waals surface area contributed by atoms with Gasteiger partial charge < -0.3 is 14.0 Å². The number of hydrogen-bond donors (Lipinski definition) is 0. The normalized spacial score (nSPS) is 11.2. The third-order valence-corrected chi connectivity index (χ3v) is 4.02. The largest absolute Gasteiger partial charge is 0.497 e. The summed E-state index contributed by atoms with van der Waals surface area (Å²) in [6, 6.07) is 16.9. The van der Waals surface area contributed by atoms with E-state index in [4.69, 9.17) is 9.47 Å². The van der Waals surface area contributed by atoms with Crippen molar-refractivity contribution < 1.29 is 9.47 Å². The lowest BCUT2D eigenvalue weighted by atomic mass is 10.2. The van der Waals surface area contributed by atoms with Crippen LogP contribution in [0.3, 0.4) is 0 Å².